The van der Waals surface area contributed by atoms with Gasteiger partial charge in [0.05, 0.1) is 17.8 Å². The van der Waals surface area contributed by atoms with Crippen LogP contribution in [0.2, 0.25) is 0 Å². The van der Waals surface area contributed by atoms with Crippen LogP contribution in [0.5, 0.6) is 0 Å². The largest absolute Gasteiger partial charge is 0.409 e. The van der Waals surface area contributed by atoms with Gasteiger partial charge >= 0.3 is 0 Å². The lowest BCUT2D eigenvalue weighted by Gasteiger charge is -2.22. The summed E-state index contributed by atoms with van der Waals surface area (Å²) in [6.45, 7) is 1.67. The Balaban J connectivity index is 2.82. The first kappa shape index (κ1) is 12.0. The van der Waals surface area contributed by atoms with Gasteiger partial charge in [-0.05, 0) is 6.92 Å². The standard InChI is InChI=1S/C9H15N5O2/c1-6(8(10)12-16)14(3)9(15)7-4-11-13(2)5-7/h4-6,16H,1-3H3,(H2,10,12). The lowest BCUT2D eigenvalue weighted by atomic mass is 10.2. The van der Waals surface area contributed by atoms with Crippen molar-refractivity contribution in [1.29, 1.82) is 0 Å². The minimum absolute atomic E-state index is 0.0141. The van der Waals surface area contributed by atoms with E-state index in [0.717, 1.165) is 0 Å². The predicted molar refractivity (Wildman–Crippen MR) is 58.2 cm³/mol. The number of aryl methyl sites for hydroxylation is 1. The highest BCUT2D eigenvalue weighted by Gasteiger charge is 2.21. The number of nitrogens with zero attached hydrogens (tertiary/aromatic N) is 4. The third-order valence-electron chi connectivity index (χ3n) is 2.40. The smallest absolute Gasteiger partial charge is 0.257 e. The van der Waals surface area contributed by atoms with Crippen LogP contribution in [-0.4, -0.2) is 44.7 Å². The van der Waals surface area contributed by atoms with E-state index in [1.165, 1.54) is 15.8 Å². The zero-order chi connectivity index (χ0) is 12.3. The molecular weight excluding hydrogens is 210 g/mol. The Kier molecular flexibility index (Phi) is 3.49. The summed E-state index contributed by atoms with van der Waals surface area (Å²) in [6, 6.07) is -0.474. The molecule has 1 atom stereocenters. The molecular formula is C9H15N5O2. The van der Waals surface area contributed by atoms with Crippen LogP contribution < -0.4 is 5.73 Å². The van der Waals surface area contributed by atoms with Gasteiger partial charge in [-0.2, -0.15) is 5.10 Å². The van der Waals surface area contributed by atoms with Crippen molar-refractivity contribution in [2.24, 2.45) is 17.9 Å². The Bertz CT molecular complexity index is 412. The van der Waals surface area contributed by atoms with Gasteiger partial charge in [-0.1, -0.05) is 5.16 Å². The molecule has 1 aromatic rings. The van der Waals surface area contributed by atoms with Crippen LogP contribution in [0.25, 0.3) is 0 Å². The van der Waals surface area contributed by atoms with Gasteiger partial charge in [-0.15, -0.1) is 0 Å². The number of nitrogens with two attached hydrogens (primary N) is 1. The van der Waals surface area contributed by atoms with Gasteiger partial charge in [0, 0.05) is 20.3 Å². The van der Waals surface area contributed by atoms with E-state index in [1.54, 1.807) is 27.2 Å². The van der Waals surface area contributed by atoms with Crippen LogP contribution in [0.15, 0.2) is 17.5 Å². The predicted octanol–water partition coefficient (Wildman–Crippen LogP) is -0.373. The number of hydrogen-bond acceptors (Lipinski definition) is 4. The maximum Gasteiger partial charge on any atom is 0.257 e. The summed E-state index contributed by atoms with van der Waals surface area (Å²) in [7, 11) is 3.31. The van der Waals surface area contributed by atoms with Crippen LogP contribution in [0, 0.1) is 0 Å². The molecule has 0 spiro atoms. The minimum Gasteiger partial charge on any atom is -0.409 e. The first-order valence-electron chi connectivity index (χ1n) is 4.70. The summed E-state index contributed by atoms with van der Waals surface area (Å²) in [4.78, 5) is 13.3. The summed E-state index contributed by atoms with van der Waals surface area (Å²) in [5.74, 6) is -0.244. The van der Waals surface area contributed by atoms with E-state index in [0.29, 0.717) is 5.56 Å². The van der Waals surface area contributed by atoms with Crippen LogP contribution in [0.3, 0.4) is 0 Å². The second-order valence-electron chi connectivity index (χ2n) is 3.52. The molecule has 1 amide bonds. The molecule has 3 N–H and O–H groups in total. The lowest BCUT2D eigenvalue weighted by Crippen LogP contribution is -2.43. The molecule has 1 heterocycles. The monoisotopic (exact) mass is 225 g/mol. The normalized spacial score (nSPS) is 13.6. The van der Waals surface area contributed by atoms with Crippen molar-refractivity contribution in [3.63, 3.8) is 0 Å². The third-order valence-corrected chi connectivity index (χ3v) is 2.40. The molecule has 88 valence electrons. The quantitative estimate of drug-likeness (QED) is 0.317. The van der Waals surface area contributed by atoms with Gasteiger partial charge in [0.25, 0.3) is 5.91 Å². The maximum absolute atomic E-state index is 11.9. The van der Waals surface area contributed by atoms with Gasteiger partial charge in [-0.3, -0.25) is 9.48 Å². The molecule has 0 aliphatic heterocycles. The van der Waals surface area contributed by atoms with Gasteiger partial charge in [0.1, 0.15) is 0 Å². The van der Waals surface area contributed by atoms with Crippen molar-refractivity contribution >= 4 is 11.7 Å². The van der Waals surface area contributed by atoms with Crippen molar-refractivity contribution in [3.8, 4) is 0 Å². The van der Waals surface area contributed by atoms with Crippen LogP contribution >= 0.6 is 0 Å². The Hall–Kier alpha value is -2.05. The molecule has 0 fully saturated rings. The highest BCUT2D eigenvalue weighted by atomic mass is 16.4. The number of amides is 1. The second-order valence-corrected chi connectivity index (χ2v) is 3.52. The molecule has 1 aromatic heterocycles. The van der Waals surface area contributed by atoms with Crippen molar-refractivity contribution in [2.75, 3.05) is 7.05 Å². The molecule has 0 aromatic carbocycles. The van der Waals surface area contributed by atoms with Gasteiger partial charge in [0.2, 0.25) is 0 Å². The number of carbonyl (C=O) groups is 1. The van der Waals surface area contributed by atoms with Crippen molar-refractivity contribution < 1.29 is 10.0 Å². The fourth-order valence-corrected chi connectivity index (χ4v) is 1.19. The summed E-state index contributed by atoms with van der Waals surface area (Å²) >= 11 is 0. The number of amidine groups is 1. The second kappa shape index (κ2) is 4.65. The molecule has 0 saturated carbocycles. The van der Waals surface area contributed by atoms with Gasteiger partial charge in [-0.25, -0.2) is 0 Å². The van der Waals surface area contributed by atoms with Gasteiger partial charge < -0.3 is 15.8 Å². The number of rotatable bonds is 3. The molecule has 1 rings (SSSR count). The Morgan fingerprint density at radius 2 is 2.38 bits per heavy atom. The Labute approximate surface area is 93.1 Å². The summed E-state index contributed by atoms with van der Waals surface area (Å²) in [5.41, 5.74) is 5.88. The zero-order valence-electron chi connectivity index (χ0n) is 9.45. The van der Waals surface area contributed by atoms with Crippen molar-refractivity contribution in [1.82, 2.24) is 14.7 Å². The zero-order valence-corrected chi connectivity index (χ0v) is 9.45. The molecule has 0 radical (unpaired) electrons. The lowest BCUT2D eigenvalue weighted by molar-refractivity contribution is 0.0776. The molecule has 7 heteroatoms. The number of oxime groups is 1. The first-order chi connectivity index (χ1) is 7.47. The number of hydrogen-bond donors (Lipinski definition) is 2. The van der Waals surface area contributed by atoms with Crippen molar-refractivity contribution in [2.45, 2.75) is 13.0 Å². The summed E-state index contributed by atoms with van der Waals surface area (Å²) in [6.07, 6.45) is 3.08. The first-order valence-corrected chi connectivity index (χ1v) is 4.70. The highest BCUT2D eigenvalue weighted by molar-refractivity contribution is 5.97. The fourth-order valence-electron chi connectivity index (χ4n) is 1.19. The number of carbonyl (C=O) groups excluding carboxylic acids is 1. The van der Waals surface area contributed by atoms with E-state index >= 15 is 0 Å². The molecule has 1 unspecified atom stereocenters. The Morgan fingerprint density at radius 1 is 1.75 bits per heavy atom. The Morgan fingerprint density at radius 3 is 2.81 bits per heavy atom. The highest BCUT2D eigenvalue weighted by Crippen LogP contribution is 2.05. The third kappa shape index (κ3) is 2.30. The summed E-state index contributed by atoms with van der Waals surface area (Å²) in [5, 5.41) is 15.3. The molecule has 7 nitrogen and oxygen atoms in total. The molecule has 16 heavy (non-hydrogen) atoms. The van der Waals surface area contributed by atoms with E-state index in [4.69, 9.17) is 10.9 Å². The molecule has 0 aliphatic carbocycles. The number of likely N-dealkylation sites (N-methyl/N-ethyl adjacent to an activating group) is 1. The number of aromatic nitrogens is 2. The van der Waals surface area contributed by atoms with Crippen LogP contribution in [0.4, 0.5) is 0 Å². The fraction of sp³-hybridized carbons (Fsp3) is 0.444. The van der Waals surface area contributed by atoms with E-state index < -0.39 is 6.04 Å². The topological polar surface area (TPSA) is 96.7 Å². The molecule has 0 bridgehead atoms. The van der Waals surface area contributed by atoms with Crippen molar-refractivity contribution in [3.05, 3.63) is 18.0 Å². The molecule has 0 aliphatic rings. The van der Waals surface area contributed by atoms with E-state index in [2.05, 4.69) is 10.3 Å². The average molecular weight is 225 g/mol. The van der Waals surface area contributed by atoms with Gasteiger partial charge in [0.15, 0.2) is 5.84 Å². The summed E-state index contributed by atoms with van der Waals surface area (Å²) < 4.78 is 1.54. The maximum atomic E-state index is 11.9. The van der Waals surface area contributed by atoms with Crippen LogP contribution in [-0.2, 0) is 7.05 Å². The SMILES string of the molecule is CC(C(N)=NO)N(C)C(=O)c1cnn(C)c1. The van der Waals surface area contributed by atoms with Crippen LogP contribution in [0.1, 0.15) is 17.3 Å². The van der Waals surface area contributed by atoms with E-state index in [1.807, 2.05) is 0 Å². The molecule has 0 saturated heterocycles. The average Bonchev–Trinajstić information content (AvgIpc) is 2.71. The minimum atomic E-state index is -0.474. The van der Waals surface area contributed by atoms with E-state index in [-0.39, 0.29) is 11.7 Å². The van der Waals surface area contributed by atoms with E-state index in [9.17, 15) is 4.79 Å².